The lowest BCUT2D eigenvalue weighted by Gasteiger charge is -2.08. The smallest absolute Gasteiger partial charge is 0.140 e. The maximum Gasteiger partial charge on any atom is 0.140 e. The molecular formula is C11H10BrFO. The number of hydrogen-bond donors (Lipinski definition) is 0. The molecule has 1 aromatic rings. The summed E-state index contributed by atoms with van der Waals surface area (Å²) < 4.78 is 13.4. The molecule has 1 unspecified atom stereocenters. The van der Waals surface area contributed by atoms with Crippen LogP contribution in [0.4, 0.5) is 4.39 Å². The zero-order valence-electron chi connectivity index (χ0n) is 7.59. The fourth-order valence-electron chi connectivity index (χ4n) is 1.90. The molecule has 0 aliphatic heterocycles. The van der Waals surface area contributed by atoms with Crippen molar-refractivity contribution in [1.82, 2.24) is 0 Å². The van der Waals surface area contributed by atoms with Gasteiger partial charge in [0.15, 0.2) is 0 Å². The first-order valence-electron chi connectivity index (χ1n) is 4.66. The lowest BCUT2D eigenvalue weighted by Crippen LogP contribution is -2.04. The van der Waals surface area contributed by atoms with Gasteiger partial charge in [0, 0.05) is 12.3 Å². The van der Waals surface area contributed by atoms with Crippen molar-refractivity contribution in [2.24, 2.45) is 0 Å². The van der Waals surface area contributed by atoms with Crippen molar-refractivity contribution in [3.05, 3.63) is 34.1 Å². The van der Waals surface area contributed by atoms with Gasteiger partial charge in [-0.05, 0) is 46.5 Å². The molecular weight excluding hydrogens is 247 g/mol. The summed E-state index contributed by atoms with van der Waals surface area (Å²) >= 11 is 3.13. The van der Waals surface area contributed by atoms with Crippen molar-refractivity contribution in [3.8, 4) is 0 Å². The topological polar surface area (TPSA) is 17.1 Å². The highest BCUT2D eigenvalue weighted by Crippen LogP contribution is 2.32. The SMILES string of the molecule is O=C1CCCC1c1ccc(F)c(Br)c1. The van der Waals surface area contributed by atoms with E-state index in [-0.39, 0.29) is 17.5 Å². The fourth-order valence-corrected chi connectivity index (χ4v) is 2.29. The average Bonchev–Trinajstić information content (AvgIpc) is 2.57. The second kappa shape index (κ2) is 3.81. The van der Waals surface area contributed by atoms with E-state index in [1.54, 1.807) is 12.1 Å². The van der Waals surface area contributed by atoms with E-state index in [0.29, 0.717) is 10.9 Å². The lowest BCUT2D eigenvalue weighted by molar-refractivity contribution is -0.118. The molecule has 0 aromatic heterocycles. The molecule has 0 bridgehead atoms. The predicted molar refractivity (Wildman–Crippen MR) is 55.7 cm³/mol. The Morgan fingerprint density at radius 1 is 1.43 bits per heavy atom. The Bertz CT molecular complexity index is 376. The highest BCUT2D eigenvalue weighted by Gasteiger charge is 2.26. The zero-order chi connectivity index (χ0) is 10.1. The Balaban J connectivity index is 2.32. The van der Waals surface area contributed by atoms with Crippen LogP contribution in [0.2, 0.25) is 0 Å². The lowest BCUT2D eigenvalue weighted by atomic mass is 9.97. The molecule has 0 amide bonds. The standard InChI is InChI=1S/C11H10BrFO/c12-9-6-7(4-5-10(9)13)8-2-1-3-11(8)14/h4-6,8H,1-3H2. The summed E-state index contributed by atoms with van der Waals surface area (Å²) in [6.45, 7) is 0. The van der Waals surface area contributed by atoms with Crippen LogP contribution in [0.5, 0.6) is 0 Å². The number of carbonyl (C=O) groups excluding carboxylic acids is 1. The Labute approximate surface area is 90.4 Å². The van der Waals surface area contributed by atoms with Crippen LogP contribution in [0.25, 0.3) is 0 Å². The minimum atomic E-state index is -0.279. The predicted octanol–water partition coefficient (Wildman–Crippen LogP) is 3.42. The van der Waals surface area contributed by atoms with Gasteiger partial charge in [0.2, 0.25) is 0 Å². The van der Waals surface area contributed by atoms with Crippen molar-refractivity contribution >= 4 is 21.7 Å². The monoisotopic (exact) mass is 256 g/mol. The Hall–Kier alpha value is -0.700. The average molecular weight is 257 g/mol. The molecule has 14 heavy (non-hydrogen) atoms. The van der Waals surface area contributed by atoms with E-state index in [1.807, 2.05) is 0 Å². The molecule has 2 rings (SSSR count). The van der Waals surface area contributed by atoms with E-state index in [0.717, 1.165) is 18.4 Å². The number of benzene rings is 1. The van der Waals surface area contributed by atoms with E-state index >= 15 is 0 Å². The molecule has 0 heterocycles. The first-order valence-corrected chi connectivity index (χ1v) is 5.45. The van der Waals surface area contributed by atoms with Crippen LogP contribution in [0.3, 0.4) is 0 Å². The van der Waals surface area contributed by atoms with Gasteiger partial charge in [0.25, 0.3) is 0 Å². The van der Waals surface area contributed by atoms with Gasteiger partial charge in [-0.3, -0.25) is 4.79 Å². The van der Waals surface area contributed by atoms with E-state index in [2.05, 4.69) is 15.9 Å². The first kappa shape index (κ1) is 9.84. The molecule has 1 aliphatic rings. The normalized spacial score (nSPS) is 21.6. The Morgan fingerprint density at radius 3 is 2.79 bits per heavy atom. The third kappa shape index (κ3) is 1.73. The quantitative estimate of drug-likeness (QED) is 0.753. The summed E-state index contributed by atoms with van der Waals surface area (Å²) in [6.07, 6.45) is 2.52. The van der Waals surface area contributed by atoms with Crippen molar-refractivity contribution < 1.29 is 9.18 Å². The maximum absolute atomic E-state index is 13.0. The van der Waals surface area contributed by atoms with Crippen LogP contribution in [0, 0.1) is 5.82 Å². The third-order valence-electron chi connectivity index (χ3n) is 2.65. The third-order valence-corrected chi connectivity index (χ3v) is 3.26. The summed E-state index contributed by atoms with van der Waals surface area (Å²) in [5.74, 6) is -0.00500. The van der Waals surface area contributed by atoms with Crippen LogP contribution in [0.1, 0.15) is 30.7 Å². The van der Waals surface area contributed by atoms with Crippen molar-refractivity contribution in [2.45, 2.75) is 25.2 Å². The number of hydrogen-bond acceptors (Lipinski definition) is 1. The molecule has 0 saturated heterocycles. The van der Waals surface area contributed by atoms with Crippen LogP contribution in [-0.2, 0) is 4.79 Å². The van der Waals surface area contributed by atoms with Crippen molar-refractivity contribution in [1.29, 1.82) is 0 Å². The van der Waals surface area contributed by atoms with Crippen LogP contribution in [0.15, 0.2) is 22.7 Å². The van der Waals surface area contributed by atoms with Gasteiger partial charge in [-0.1, -0.05) is 6.07 Å². The van der Waals surface area contributed by atoms with Gasteiger partial charge in [-0.25, -0.2) is 4.39 Å². The van der Waals surface area contributed by atoms with Crippen LogP contribution < -0.4 is 0 Å². The molecule has 74 valence electrons. The second-order valence-corrected chi connectivity index (χ2v) is 4.44. The number of ketones is 1. The van der Waals surface area contributed by atoms with Gasteiger partial charge < -0.3 is 0 Å². The van der Waals surface area contributed by atoms with Gasteiger partial charge >= 0.3 is 0 Å². The maximum atomic E-state index is 13.0. The van der Waals surface area contributed by atoms with Crippen molar-refractivity contribution in [2.75, 3.05) is 0 Å². The number of halogens is 2. The number of Topliss-reactive ketones (excluding diaryl/α,β-unsaturated/α-hetero) is 1. The Kier molecular flexibility index (Phi) is 2.68. The zero-order valence-corrected chi connectivity index (χ0v) is 9.18. The fraction of sp³-hybridized carbons (Fsp3) is 0.364. The van der Waals surface area contributed by atoms with Crippen LogP contribution >= 0.6 is 15.9 Å². The van der Waals surface area contributed by atoms with Gasteiger partial charge in [0.05, 0.1) is 4.47 Å². The summed E-state index contributed by atoms with van der Waals surface area (Å²) in [6, 6.07) is 4.82. The molecule has 0 spiro atoms. The Morgan fingerprint density at radius 2 is 2.21 bits per heavy atom. The van der Waals surface area contributed by atoms with Gasteiger partial charge in [-0.2, -0.15) is 0 Å². The molecule has 0 radical (unpaired) electrons. The molecule has 1 aromatic carbocycles. The summed E-state index contributed by atoms with van der Waals surface area (Å²) in [4.78, 5) is 11.5. The largest absolute Gasteiger partial charge is 0.299 e. The van der Waals surface area contributed by atoms with E-state index < -0.39 is 0 Å². The second-order valence-electron chi connectivity index (χ2n) is 3.58. The highest BCUT2D eigenvalue weighted by molar-refractivity contribution is 9.10. The molecule has 1 aliphatic carbocycles. The minimum Gasteiger partial charge on any atom is -0.299 e. The van der Waals surface area contributed by atoms with Crippen LogP contribution in [-0.4, -0.2) is 5.78 Å². The number of rotatable bonds is 1. The van der Waals surface area contributed by atoms with E-state index in [1.165, 1.54) is 6.07 Å². The highest BCUT2D eigenvalue weighted by atomic mass is 79.9. The summed E-state index contributed by atoms with van der Waals surface area (Å²) in [7, 11) is 0. The molecule has 1 nitrogen and oxygen atoms in total. The van der Waals surface area contributed by atoms with Crippen molar-refractivity contribution in [3.63, 3.8) is 0 Å². The molecule has 1 saturated carbocycles. The molecule has 3 heteroatoms. The number of carbonyl (C=O) groups is 1. The van der Waals surface area contributed by atoms with E-state index in [4.69, 9.17) is 0 Å². The molecule has 1 atom stereocenters. The minimum absolute atomic E-state index is 0.00750. The first-order chi connectivity index (χ1) is 6.68. The van der Waals surface area contributed by atoms with E-state index in [9.17, 15) is 9.18 Å². The molecule has 0 N–H and O–H groups in total. The summed E-state index contributed by atoms with van der Waals surface area (Å²) in [5.41, 5.74) is 0.931. The summed E-state index contributed by atoms with van der Waals surface area (Å²) in [5, 5.41) is 0. The van der Waals surface area contributed by atoms with Gasteiger partial charge in [-0.15, -0.1) is 0 Å². The van der Waals surface area contributed by atoms with Gasteiger partial charge in [0.1, 0.15) is 11.6 Å². The molecule has 1 fully saturated rings.